The first-order valence-electron chi connectivity index (χ1n) is 4.93. The van der Waals surface area contributed by atoms with Crippen molar-refractivity contribution in [2.24, 2.45) is 9.98 Å². The van der Waals surface area contributed by atoms with Gasteiger partial charge in [-0.25, -0.2) is 9.98 Å². The largest absolute Gasteiger partial charge is 0.225 e. The summed E-state index contributed by atoms with van der Waals surface area (Å²) >= 11 is 9.16. The fourth-order valence-electron chi connectivity index (χ4n) is 1.36. The molecular weight excluding hydrogens is 236 g/mol. The number of hydrogen-bond acceptors (Lipinski definition) is 4. The first-order valence-corrected chi connectivity index (χ1v) is 5.74. The fraction of sp³-hybridized carbons (Fsp3) is 0.333. The normalized spacial score (nSPS) is 13.1. The van der Waals surface area contributed by atoms with E-state index >= 15 is 0 Å². The Morgan fingerprint density at radius 2 is 1.19 bits per heavy atom. The smallest absolute Gasteiger partial charge is 0.0824 e. The molecule has 2 unspecified atom stereocenters. The lowest BCUT2D eigenvalue weighted by atomic mass is 10.0. The summed E-state index contributed by atoms with van der Waals surface area (Å²) in [6.45, 7) is 3.96. The molecule has 0 amide bonds. The van der Waals surface area contributed by atoms with Gasteiger partial charge in [-0.05, 0) is 49.4 Å². The van der Waals surface area contributed by atoms with Crippen molar-refractivity contribution in [1.29, 1.82) is 0 Å². The van der Waals surface area contributed by atoms with E-state index in [1.54, 1.807) is 0 Å². The summed E-state index contributed by atoms with van der Waals surface area (Å²) in [5, 5.41) is 4.78. The van der Waals surface area contributed by atoms with E-state index in [4.69, 9.17) is 0 Å². The second kappa shape index (κ2) is 6.41. The van der Waals surface area contributed by atoms with Gasteiger partial charge in [-0.1, -0.05) is 24.3 Å². The van der Waals surface area contributed by atoms with Crippen molar-refractivity contribution in [3.63, 3.8) is 0 Å². The molecule has 2 atom stereocenters. The van der Waals surface area contributed by atoms with Gasteiger partial charge in [0.1, 0.15) is 0 Å². The second-order valence-electron chi connectivity index (χ2n) is 3.46. The summed E-state index contributed by atoms with van der Waals surface area (Å²) in [7, 11) is 0. The SMILES string of the molecule is CC(N=C=S)c1ccc(C(C)N=C=S)cc1. The van der Waals surface area contributed by atoms with Gasteiger partial charge in [-0.2, -0.15) is 0 Å². The van der Waals surface area contributed by atoms with Gasteiger partial charge in [0, 0.05) is 0 Å². The van der Waals surface area contributed by atoms with Gasteiger partial charge in [0.15, 0.2) is 0 Å². The third-order valence-electron chi connectivity index (χ3n) is 2.39. The van der Waals surface area contributed by atoms with E-state index in [0.29, 0.717) is 0 Å². The van der Waals surface area contributed by atoms with Gasteiger partial charge < -0.3 is 0 Å². The molecule has 1 aromatic carbocycles. The Labute approximate surface area is 106 Å². The summed E-state index contributed by atoms with van der Waals surface area (Å²) in [5.74, 6) is 0. The van der Waals surface area contributed by atoms with Crippen LogP contribution in [0, 0.1) is 0 Å². The molecule has 16 heavy (non-hydrogen) atoms. The highest BCUT2D eigenvalue weighted by molar-refractivity contribution is 7.78. The maximum Gasteiger partial charge on any atom is 0.0824 e. The molecule has 2 nitrogen and oxygen atoms in total. The van der Waals surface area contributed by atoms with Crippen molar-refractivity contribution in [3.05, 3.63) is 35.4 Å². The van der Waals surface area contributed by atoms with Gasteiger partial charge in [-0.15, -0.1) is 0 Å². The van der Waals surface area contributed by atoms with Gasteiger partial charge >= 0.3 is 0 Å². The average Bonchev–Trinajstić information content (AvgIpc) is 2.30. The average molecular weight is 248 g/mol. The minimum Gasteiger partial charge on any atom is -0.225 e. The maximum atomic E-state index is 4.58. The monoisotopic (exact) mass is 248 g/mol. The number of rotatable bonds is 4. The van der Waals surface area contributed by atoms with E-state index in [-0.39, 0.29) is 12.1 Å². The molecule has 0 saturated heterocycles. The van der Waals surface area contributed by atoms with E-state index in [9.17, 15) is 0 Å². The van der Waals surface area contributed by atoms with Crippen LogP contribution in [0.25, 0.3) is 0 Å². The minimum atomic E-state index is 0.0517. The van der Waals surface area contributed by atoms with E-state index < -0.39 is 0 Å². The zero-order valence-electron chi connectivity index (χ0n) is 9.18. The van der Waals surface area contributed by atoms with Crippen LogP contribution in [-0.2, 0) is 0 Å². The van der Waals surface area contributed by atoms with Crippen LogP contribution in [0.1, 0.15) is 37.1 Å². The Balaban J connectivity index is 2.90. The van der Waals surface area contributed by atoms with E-state index in [2.05, 4.69) is 44.7 Å². The van der Waals surface area contributed by atoms with Gasteiger partial charge in [0.25, 0.3) is 0 Å². The van der Waals surface area contributed by atoms with Crippen molar-refractivity contribution in [2.75, 3.05) is 0 Å². The van der Waals surface area contributed by atoms with Crippen LogP contribution in [-0.4, -0.2) is 10.3 Å². The van der Waals surface area contributed by atoms with Gasteiger partial charge in [-0.3, -0.25) is 0 Å². The Morgan fingerprint density at radius 3 is 1.44 bits per heavy atom. The van der Waals surface area contributed by atoms with Crippen molar-refractivity contribution >= 4 is 34.8 Å². The lowest BCUT2D eigenvalue weighted by Crippen LogP contribution is -1.92. The number of isothiocyanates is 2. The molecule has 0 N–H and O–H groups in total. The maximum absolute atomic E-state index is 4.58. The first kappa shape index (κ1) is 12.9. The molecule has 1 rings (SSSR count). The summed E-state index contributed by atoms with van der Waals surface area (Å²) in [6, 6.07) is 8.18. The van der Waals surface area contributed by atoms with Gasteiger partial charge in [0.2, 0.25) is 0 Å². The Bertz CT molecular complexity index is 398. The highest BCUT2D eigenvalue weighted by Gasteiger charge is 2.05. The summed E-state index contributed by atoms with van der Waals surface area (Å²) in [4.78, 5) is 8.04. The molecule has 82 valence electrons. The van der Waals surface area contributed by atoms with Crippen LogP contribution >= 0.6 is 24.4 Å². The Kier molecular flexibility index (Phi) is 5.17. The fourth-order valence-corrected chi connectivity index (χ4v) is 1.68. The third-order valence-corrected chi connectivity index (χ3v) is 2.60. The van der Waals surface area contributed by atoms with Crippen molar-refractivity contribution < 1.29 is 0 Å². The van der Waals surface area contributed by atoms with Crippen molar-refractivity contribution in [1.82, 2.24) is 0 Å². The molecule has 0 bridgehead atoms. The molecule has 4 heteroatoms. The van der Waals surface area contributed by atoms with Crippen LogP contribution in [0.5, 0.6) is 0 Å². The minimum absolute atomic E-state index is 0.0517. The number of aliphatic imine (C=N–C) groups is 2. The lowest BCUT2D eigenvalue weighted by Gasteiger charge is -2.08. The predicted octanol–water partition coefficient (Wildman–Crippen LogP) is 4.01. The third kappa shape index (κ3) is 3.44. The van der Waals surface area contributed by atoms with Crippen LogP contribution in [0.3, 0.4) is 0 Å². The Morgan fingerprint density at radius 1 is 0.875 bits per heavy atom. The molecule has 0 heterocycles. The van der Waals surface area contributed by atoms with E-state index in [1.165, 1.54) is 0 Å². The van der Waals surface area contributed by atoms with Crippen LogP contribution in [0.4, 0.5) is 0 Å². The predicted molar refractivity (Wildman–Crippen MR) is 73.3 cm³/mol. The number of nitrogens with zero attached hydrogens (tertiary/aromatic N) is 2. The highest BCUT2D eigenvalue weighted by Crippen LogP contribution is 2.21. The molecule has 0 aromatic heterocycles. The zero-order chi connectivity index (χ0) is 12.0. The number of hydrogen-bond donors (Lipinski definition) is 0. The molecule has 0 saturated carbocycles. The van der Waals surface area contributed by atoms with Gasteiger partial charge in [0.05, 0.1) is 22.4 Å². The van der Waals surface area contributed by atoms with E-state index in [0.717, 1.165) is 11.1 Å². The Hall–Kier alpha value is -1.18. The standard InChI is InChI=1S/C12H12N2S2/c1-9(13-7-15)11-3-5-12(6-4-11)10(2)14-8-16/h3-6,9-10H,1-2H3. The molecular formula is C12H12N2S2. The van der Waals surface area contributed by atoms with E-state index in [1.807, 2.05) is 38.1 Å². The molecule has 0 aliphatic carbocycles. The molecule has 0 spiro atoms. The second-order valence-corrected chi connectivity index (χ2v) is 3.82. The summed E-state index contributed by atoms with van der Waals surface area (Å²) in [5.41, 5.74) is 2.22. The lowest BCUT2D eigenvalue weighted by molar-refractivity contribution is 0.808. The quantitative estimate of drug-likeness (QED) is 0.594. The number of benzene rings is 1. The molecule has 0 fully saturated rings. The molecule has 0 aliphatic heterocycles. The topological polar surface area (TPSA) is 24.7 Å². The van der Waals surface area contributed by atoms with Crippen molar-refractivity contribution in [2.45, 2.75) is 25.9 Å². The first-order chi connectivity index (χ1) is 7.69. The summed E-state index contributed by atoms with van der Waals surface area (Å²) < 4.78 is 0. The molecule has 0 radical (unpaired) electrons. The highest BCUT2D eigenvalue weighted by atomic mass is 32.1. The molecule has 0 aliphatic rings. The van der Waals surface area contributed by atoms with Crippen LogP contribution in [0.15, 0.2) is 34.3 Å². The molecule has 1 aromatic rings. The van der Waals surface area contributed by atoms with Crippen molar-refractivity contribution in [3.8, 4) is 0 Å². The van der Waals surface area contributed by atoms with Crippen LogP contribution in [0.2, 0.25) is 0 Å². The van der Waals surface area contributed by atoms with Crippen LogP contribution < -0.4 is 0 Å². The summed E-state index contributed by atoms with van der Waals surface area (Å²) in [6.07, 6.45) is 0. The number of thiocarbonyl (C=S) groups is 2. The zero-order valence-corrected chi connectivity index (χ0v) is 10.8.